The van der Waals surface area contributed by atoms with Gasteiger partial charge in [0, 0.05) is 24.9 Å². The summed E-state index contributed by atoms with van der Waals surface area (Å²) in [5.41, 5.74) is -4.39. The molecule has 4 rings (SSSR count). The number of halogens is 2. The monoisotopic (exact) mass is 551 g/mol. The van der Waals surface area contributed by atoms with Gasteiger partial charge in [-0.2, -0.15) is 0 Å². The fraction of sp³-hybridized carbons (Fsp3) is 0.417. The van der Waals surface area contributed by atoms with Crippen molar-refractivity contribution in [3.63, 3.8) is 0 Å². The largest absolute Gasteiger partial charge is 0.444 e. The lowest BCUT2D eigenvalue weighted by atomic mass is 9.84. The van der Waals surface area contributed by atoms with E-state index in [4.69, 9.17) is 9.47 Å². The Bertz CT molecular complexity index is 1390. The number of anilines is 1. The highest BCUT2D eigenvalue weighted by molar-refractivity contribution is 7.90. The van der Waals surface area contributed by atoms with E-state index in [1.54, 1.807) is 20.8 Å². The molecule has 1 saturated heterocycles. The molecule has 11 nitrogen and oxygen atoms in total. The Morgan fingerprint density at radius 1 is 1.18 bits per heavy atom. The Morgan fingerprint density at radius 2 is 1.92 bits per heavy atom. The number of hydrogen-bond acceptors (Lipinski definition) is 8. The van der Waals surface area contributed by atoms with Crippen LogP contribution in [0.5, 0.6) is 0 Å². The number of hydrogen-bond donors (Lipinski definition) is 2. The van der Waals surface area contributed by atoms with E-state index in [1.807, 2.05) is 0 Å². The summed E-state index contributed by atoms with van der Waals surface area (Å²) in [6.07, 6.45) is 0.342. The van der Waals surface area contributed by atoms with E-state index in [1.165, 1.54) is 25.2 Å². The number of nitrogens with zero attached hydrogens (tertiary/aromatic N) is 3. The Balaban J connectivity index is 1.77. The van der Waals surface area contributed by atoms with Gasteiger partial charge in [-0.15, -0.1) is 0 Å². The molecule has 0 spiro atoms. The molecule has 2 N–H and O–H groups in total. The summed E-state index contributed by atoms with van der Waals surface area (Å²) in [6, 6.07) is 5.85. The van der Waals surface area contributed by atoms with Crippen molar-refractivity contribution in [3.05, 3.63) is 59.4 Å². The number of aliphatic imine (C=N–C) groups is 1. The van der Waals surface area contributed by atoms with E-state index in [-0.39, 0.29) is 35.9 Å². The second kappa shape index (κ2) is 9.91. The Kier molecular flexibility index (Phi) is 7.14. The number of benzene rings is 1. The molecule has 1 aromatic carbocycles. The predicted molar refractivity (Wildman–Crippen MR) is 133 cm³/mol. The fourth-order valence-corrected chi connectivity index (χ4v) is 5.89. The number of amides is 2. The molecule has 2 unspecified atom stereocenters. The maximum atomic E-state index is 15.4. The lowest BCUT2D eigenvalue weighted by Crippen LogP contribution is -2.61. The van der Waals surface area contributed by atoms with E-state index in [2.05, 4.69) is 20.6 Å². The molecule has 0 aliphatic carbocycles. The van der Waals surface area contributed by atoms with Crippen molar-refractivity contribution in [1.82, 2.24) is 14.6 Å². The molecule has 38 heavy (non-hydrogen) atoms. The van der Waals surface area contributed by atoms with E-state index in [0.717, 1.165) is 22.6 Å². The van der Waals surface area contributed by atoms with Crippen LogP contribution in [0.25, 0.3) is 0 Å². The minimum atomic E-state index is -4.30. The number of nitrogens with one attached hydrogen (secondary N) is 2. The van der Waals surface area contributed by atoms with E-state index >= 15 is 4.39 Å². The minimum absolute atomic E-state index is 0.0675. The summed E-state index contributed by atoms with van der Waals surface area (Å²) >= 11 is 0. The molecule has 2 aromatic rings. The van der Waals surface area contributed by atoms with Crippen molar-refractivity contribution in [2.24, 2.45) is 4.99 Å². The van der Waals surface area contributed by atoms with Crippen molar-refractivity contribution < 1.29 is 36.3 Å². The number of alkyl carbamates (subject to hydrolysis) is 1. The van der Waals surface area contributed by atoms with Crippen LogP contribution in [-0.2, 0) is 25.0 Å². The molecule has 2 aliphatic rings. The normalized spacial score (nSPS) is 22.6. The summed E-state index contributed by atoms with van der Waals surface area (Å²) in [4.78, 5) is 33.3. The van der Waals surface area contributed by atoms with E-state index < -0.39 is 50.2 Å². The van der Waals surface area contributed by atoms with Crippen LogP contribution < -0.4 is 10.6 Å². The van der Waals surface area contributed by atoms with Gasteiger partial charge in [-0.05, 0) is 63.9 Å². The van der Waals surface area contributed by atoms with E-state index in [0.29, 0.717) is 6.42 Å². The number of sulfonamides is 1. The second-order valence-electron chi connectivity index (χ2n) is 9.82. The van der Waals surface area contributed by atoms with E-state index in [9.17, 15) is 22.4 Å². The molecule has 0 radical (unpaired) electrons. The quantitative estimate of drug-likeness (QED) is 0.598. The number of rotatable bonds is 3. The van der Waals surface area contributed by atoms with Gasteiger partial charge >= 0.3 is 6.09 Å². The predicted octanol–water partition coefficient (Wildman–Crippen LogP) is 3.10. The number of carbonyl (C=O) groups excluding carboxylic acids is 2. The van der Waals surface area contributed by atoms with Crippen molar-refractivity contribution in [3.8, 4) is 0 Å². The first-order valence-corrected chi connectivity index (χ1v) is 13.2. The highest BCUT2D eigenvalue weighted by Gasteiger charge is 2.57. The van der Waals surface area contributed by atoms with Gasteiger partial charge in [-0.3, -0.25) is 10.1 Å². The second-order valence-corrected chi connectivity index (χ2v) is 11.8. The third-order valence-electron chi connectivity index (χ3n) is 5.88. The molecular formula is C24H27F2N5O6S. The van der Waals surface area contributed by atoms with Crippen LogP contribution in [0.3, 0.4) is 0 Å². The average molecular weight is 552 g/mol. The third-order valence-corrected chi connectivity index (χ3v) is 7.88. The van der Waals surface area contributed by atoms with Crippen molar-refractivity contribution >= 4 is 33.7 Å². The van der Waals surface area contributed by atoms with Crippen LogP contribution in [0.2, 0.25) is 0 Å². The highest BCUT2D eigenvalue weighted by Crippen LogP contribution is 2.46. The van der Waals surface area contributed by atoms with Gasteiger partial charge in [0.1, 0.15) is 28.5 Å². The van der Waals surface area contributed by atoms with Gasteiger partial charge in [0.15, 0.2) is 0 Å². The number of carbonyl (C=O) groups is 2. The number of aromatic nitrogens is 1. The molecule has 204 valence electrons. The molecule has 0 saturated carbocycles. The van der Waals surface area contributed by atoms with Crippen LogP contribution in [0.4, 0.5) is 19.3 Å². The first-order chi connectivity index (χ1) is 17.7. The third kappa shape index (κ3) is 5.31. The van der Waals surface area contributed by atoms with Crippen LogP contribution in [0.15, 0.2) is 41.5 Å². The summed E-state index contributed by atoms with van der Waals surface area (Å²) in [5, 5.41) is 4.90. The summed E-state index contributed by atoms with van der Waals surface area (Å²) in [6.45, 7) is 5.01. The SMILES string of the molecule is CN1C(NC(=O)OC(C)(C)C)=NC2(c3cc(NC(=O)c4ccc(F)cn4)ccc3F)CCCOC2S1(=O)=O. The van der Waals surface area contributed by atoms with Gasteiger partial charge in [0.25, 0.3) is 15.9 Å². The molecule has 1 fully saturated rings. The smallest absolute Gasteiger partial charge is 0.414 e. The molecular weight excluding hydrogens is 524 g/mol. The number of fused-ring (bicyclic) bond motifs is 1. The van der Waals surface area contributed by atoms with Gasteiger partial charge in [0.05, 0.1) is 6.20 Å². The standard InChI is InChI=1S/C24H27F2N5O6S/c1-23(2,3)37-22(33)29-21-30-24(10-5-11-36-20(24)38(34,35)31(21)4)16-12-15(7-8-17(16)26)28-19(32)18-9-6-14(25)13-27-18/h6-9,12-13,20H,5,10-11H2,1-4H3,(H,28,32)(H,29,30,33). The molecule has 2 amide bonds. The zero-order valence-corrected chi connectivity index (χ0v) is 21.9. The number of guanidine groups is 1. The Hall–Kier alpha value is -3.65. The zero-order chi connectivity index (χ0) is 27.9. The fourth-order valence-electron chi connectivity index (χ4n) is 4.22. The van der Waals surface area contributed by atoms with Crippen molar-refractivity contribution in [1.29, 1.82) is 0 Å². The van der Waals surface area contributed by atoms with Crippen LogP contribution in [-0.4, -0.2) is 60.4 Å². The lowest BCUT2D eigenvalue weighted by molar-refractivity contribution is 0.000161. The van der Waals surface area contributed by atoms with Crippen LogP contribution in [0.1, 0.15) is 49.7 Å². The Labute approximate surface area is 218 Å². The first-order valence-electron chi connectivity index (χ1n) is 11.6. The summed E-state index contributed by atoms with van der Waals surface area (Å²) < 4.78 is 67.1. The lowest BCUT2D eigenvalue weighted by Gasteiger charge is -2.46. The molecule has 2 atom stereocenters. The van der Waals surface area contributed by atoms with Gasteiger partial charge < -0.3 is 14.8 Å². The average Bonchev–Trinajstić information content (AvgIpc) is 2.83. The first kappa shape index (κ1) is 27.4. The van der Waals surface area contributed by atoms with Gasteiger partial charge in [-0.25, -0.2) is 36.3 Å². The van der Waals surface area contributed by atoms with Crippen LogP contribution >= 0.6 is 0 Å². The zero-order valence-electron chi connectivity index (χ0n) is 21.1. The maximum Gasteiger partial charge on any atom is 0.414 e. The molecule has 1 aromatic heterocycles. The van der Waals surface area contributed by atoms with Gasteiger partial charge in [0.2, 0.25) is 11.4 Å². The minimum Gasteiger partial charge on any atom is -0.444 e. The summed E-state index contributed by atoms with van der Waals surface area (Å²) in [5.74, 6) is -2.47. The van der Waals surface area contributed by atoms with Crippen molar-refractivity contribution in [2.45, 2.75) is 50.2 Å². The van der Waals surface area contributed by atoms with Gasteiger partial charge in [-0.1, -0.05) is 0 Å². The highest BCUT2D eigenvalue weighted by atomic mass is 32.2. The topological polar surface area (TPSA) is 139 Å². The molecule has 3 heterocycles. The maximum absolute atomic E-state index is 15.4. The number of pyridine rings is 1. The van der Waals surface area contributed by atoms with Crippen LogP contribution in [0, 0.1) is 11.6 Å². The molecule has 0 bridgehead atoms. The summed E-state index contributed by atoms with van der Waals surface area (Å²) in [7, 11) is -3.11. The Morgan fingerprint density at radius 3 is 2.58 bits per heavy atom. The molecule has 14 heteroatoms. The number of ether oxygens (including phenoxy) is 2. The molecule has 2 aliphatic heterocycles. The van der Waals surface area contributed by atoms with Crippen molar-refractivity contribution in [2.75, 3.05) is 19.0 Å².